The first-order valence-electron chi connectivity index (χ1n) is 9.05. The zero-order valence-electron chi connectivity index (χ0n) is 15.3. The van der Waals surface area contributed by atoms with Gasteiger partial charge in [0.15, 0.2) is 6.61 Å². The van der Waals surface area contributed by atoms with Gasteiger partial charge in [0.05, 0.1) is 4.90 Å². The molecule has 0 atom stereocenters. The van der Waals surface area contributed by atoms with Crippen molar-refractivity contribution in [2.45, 2.75) is 31.1 Å². The van der Waals surface area contributed by atoms with E-state index in [1.54, 1.807) is 12.1 Å². The molecular weight excluding hydrogens is 364 g/mol. The van der Waals surface area contributed by atoms with Crippen LogP contribution in [0.1, 0.15) is 24.8 Å². The van der Waals surface area contributed by atoms with Crippen LogP contribution in [0.2, 0.25) is 0 Å². The number of benzene rings is 2. The van der Waals surface area contributed by atoms with Gasteiger partial charge in [-0.1, -0.05) is 24.1 Å². The Hall–Kier alpha value is -2.38. The average molecular weight is 388 g/mol. The zero-order valence-corrected chi connectivity index (χ0v) is 16.2. The van der Waals surface area contributed by atoms with Gasteiger partial charge in [0.1, 0.15) is 5.75 Å². The lowest BCUT2D eigenvalue weighted by Crippen LogP contribution is -2.35. The van der Waals surface area contributed by atoms with E-state index in [0.717, 1.165) is 24.8 Å². The highest BCUT2D eigenvalue weighted by molar-refractivity contribution is 7.89. The number of nitrogens with zero attached hydrogens (tertiary/aromatic N) is 1. The molecule has 1 amide bonds. The summed E-state index contributed by atoms with van der Waals surface area (Å²) in [4.78, 5) is 12.3. The highest BCUT2D eigenvalue weighted by Crippen LogP contribution is 2.22. The van der Waals surface area contributed by atoms with Crippen molar-refractivity contribution in [3.63, 3.8) is 0 Å². The van der Waals surface area contributed by atoms with Gasteiger partial charge in [0.25, 0.3) is 5.91 Å². The number of sulfonamides is 1. The molecule has 0 unspecified atom stereocenters. The van der Waals surface area contributed by atoms with Gasteiger partial charge in [-0.2, -0.15) is 4.31 Å². The van der Waals surface area contributed by atoms with Crippen molar-refractivity contribution >= 4 is 21.6 Å². The van der Waals surface area contributed by atoms with Gasteiger partial charge in [-0.05, 0) is 56.2 Å². The maximum atomic E-state index is 12.6. The van der Waals surface area contributed by atoms with Gasteiger partial charge >= 0.3 is 0 Å². The Morgan fingerprint density at radius 3 is 2.26 bits per heavy atom. The first-order valence-corrected chi connectivity index (χ1v) is 10.5. The van der Waals surface area contributed by atoms with Crippen molar-refractivity contribution in [2.24, 2.45) is 0 Å². The van der Waals surface area contributed by atoms with E-state index < -0.39 is 10.0 Å². The molecule has 0 aromatic heterocycles. The van der Waals surface area contributed by atoms with Crippen molar-refractivity contribution in [1.29, 1.82) is 0 Å². The van der Waals surface area contributed by atoms with Crippen LogP contribution >= 0.6 is 0 Å². The molecule has 0 saturated carbocycles. The van der Waals surface area contributed by atoms with Crippen LogP contribution in [0.3, 0.4) is 0 Å². The number of hydrogen-bond acceptors (Lipinski definition) is 4. The molecule has 1 aliphatic heterocycles. The van der Waals surface area contributed by atoms with E-state index in [9.17, 15) is 13.2 Å². The van der Waals surface area contributed by atoms with Crippen molar-refractivity contribution in [3.05, 3.63) is 54.1 Å². The second kappa shape index (κ2) is 8.54. The monoisotopic (exact) mass is 388 g/mol. The van der Waals surface area contributed by atoms with Crippen molar-refractivity contribution in [1.82, 2.24) is 4.31 Å². The van der Waals surface area contributed by atoms with Gasteiger partial charge in [-0.3, -0.25) is 4.79 Å². The Morgan fingerprint density at radius 1 is 1.00 bits per heavy atom. The van der Waals surface area contributed by atoms with Crippen LogP contribution in [0.5, 0.6) is 5.75 Å². The summed E-state index contributed by atoms with van der Waals surface area (Å²) in [6.07, 6.45) is 2.87. The van der Waals surface area contributed by atoms with E-state index in [2.05, 4.69) is 5.32 Å². The molecule has 1 N–H and O–H groups in total. The summed E-state index contributed by atoms with van der Waals surface area (Å²) >= 11 is 0. The Balaban J connectivity index is 1.56. The third-order valence-electron chi connectivity index (χ3n) is 4.48. The van der Waals surface area contributed by atoms with E-state index in [0.29, 0.717) is 24.5 Å². The third-order valence-corrected chi connectivity index (χ3v) is 6.39. The fourth-order valence-electron chi connectivity index (χ4n) is 2.95. The Kier molecular flexibility index (Phi) is 6.13. The van der Waals surface area contributed by atoms with Gasteiger partial charge in [0.2, 0.25) is 10.0 Å². The minimum Gasteiger partial charge on any atom is -0.484 e. The minimum atomic E-state index is -3.46. The number of aryl methyl sites for hydroxylation is 1. The molecule has 27 heavy (non-hydrogen) atoms. The summed E-state index contributed by atoms with van der Waals surface area (Å²) in [6.45, 7) is 3.00. The fourth-order valence-corrected chi connectivity index (χ4v) is 4.46. The summed E-state index contributed by atoms with van der Waals surface area (Å²) < 4.78 is 32.2. The first-order chi connectivity index (χ1) is 12.9. The molecule has 1 fully saturated rings. The lowest BCUT2D eigenvalue weighted by atomic mass is 10.2. The molecule has 6 nitrogen and oxygen atoms in total. The molecular formula is C20H24N2O4S. The second-order valence-corrected chi connectivity index (χ2v) is 8.58. The van der Waals surface area contributed by atoms with E-state index in [1.807, 2.05) is 31.2 Å². The maximum absolute atomic E-state index is 12.6. The quantitative estimate of drug-likeness (QED) is 0.825. The number of anilines is 1. The fraction of sp³-hybridized carbons (Fsp3) is 0.350. The zero-order chi connectivity index (χ0) is 19.3. The molecule has 0 aliphatic carbocycles. The van der Waals surface area contributed by atoms with Crippen LogP contribution < -0.4 is 10.1 Å². The van der Waals surface area contributed by atoms with Crippen LogP contribution in [-0.4, -0.2) is 38.3 Å². The topological polar surface area (TPSA) is 75.7 Å². The van der Waals surface area contributed by atoms with E-state index >= 15 is 0 Å². The van der Waals surface area contributed by atoms with Crippen LogP contribution in [0, 0.1) is 6.92 Å². The van der Waals surface area contributed by atoms with Crippen molar-refractivity contribution in [3.8, 4) is 5.75 Å². The smallest absolute Gasteiger partial charge is 0.262 e. The van der Waals surface area contributed by atoms with Crippen LogP contribution in [-0.2, 0) is 14.8 Å². The molecule has 1 heterocycles. The van der Waals surface area contributed by atoms with Gasteiger partial charge in [-0.15, -0.1) is 0 Å². The number of hydrogen-bond donors (Lipinski definition) is 1. The summed E-state index contributed by atoms with van der Waals surface area (Å²) in [5.74, 6) is 0.320. The number of piperidine rings is 1. The number of nitrogens with one attached hydrogen (secondary N) is 1. The van der Waals surface area contributed by atoms with E-state index in [4.69, 9.17) is 4.74 Å². The van der Waals surface area contributed by atoms with Gasteiger partial charge in [0, 0.05) is 18.8 Å². The Bertz CT molecular complexity index is 871. The summed E-state index contributed by atoms with van der Waals surface area (Å²) in [6, 6.07) is 13.7. The highest BCUT2D eigenvalue weighted by Gasteiger charge is 2.25. The van der Waals surface area contributed by atoms with Crippen LogP contribution in [0.25, 0.3) is 0 Å². The second-order valence-electron chi connectivity index (χ2n) is 6.64. The number of amides is 1. The highest BCUT2D eigenvalue weighted by atomic mass is 32.2. The van der Waals surface area contributed by atoms with Gasteiger partial charge in [-0.25, -0.2) is 8.42 Å². The molecule has 2 aromatic carbocycles. The predicted octanol–water partition coefficient (Wildman–Crippen LogP) is 3.19. The SMILES string of the molecule is Cc1ccc(OCC(=O)Nc2ccc(S(=O)(=O)N3CCCCC3)cc2)cc1. The molecule has 7 heteroatoms. The molecule has 1 saturated heterocycles. The molecule has 2 aromatic rings. The van der Waals surface area contributed by atoms with Gasteiger partial charge < -0.3 is 10.1 Å². The number of carbonyl (C=O) groups is 1. The largest absolute Gasteiger partial charge is 0.484 e. The minimum absolute atomic E-state index is 0.114. The normalized spacial score (nSPS) is 15.3. The third kappa shape index (κ3) is 5.08. The van der Waals surface area contributed by atoms with E-state index in [-0.39, 0.29) is 17.4 Å². The molecule has 0 bridgehead atoms. The lowest BCUT2D eigenvalue weighted by Gasteiger charge is -2.25. The molecule has 3 rings (SSSR count). The Morgan fingerprint density at radius 2 is 1.63 bits per heavy atom. The van der Waals surface area contributed by atoms with E-state index in [1.165, 1.54) is 16.4 Å². The molecule has 1 aliphatic rings. The van der Waals surface area contributed by atoms with Crippen molar-refractivity contribution in [2.75, 3.05) is 25.0 Å². The number of rotatable bonds is 6. The molecule has 0 spiro atoms. The summed E-state index contributed by atoms with van der Waals surface area (Å²) in [7, 11) is -3.46. The predicted molar refractivity (Wildman–Crippen MR) is 104 cm³/mol. The molecule has 144 valence electrons. The summed E-state index contributed by atoms with van der Waals surface area (Å²) in [5, 5.41) is 2.71. The lowest BCUT2D eigenvalue weighted by molar-refractivity contribution is -0.118. The average Bonchev–Trinajstić information content (AvgIpc) is 2.69. The van der Waals surface area contributed by atoms with Crippen LogP contribution in [0.4, 0.5) is 5.69 Å². The Labute approximate surface area is 160 Å². The first kappa shape index (κ1) is 19.4. The number of ether oxygens (including phenoxy) is 1. The molecule has 0 radical (unpaired) electrons. The van der Waals surface area contributed by atoms with Crippen molar-refractivity contribution < 1.29 is 17.9 Å². The number of carbonyl (C=O) groups excluding carboxylic acids is 1. The maximum Gasteiger partial charge on any atom is 0.262 e. The standard InChI is InChI=1S/C20H24N2O4S/c1-16-5-9-18(10-6-16)26-15-20(23)21-17-7-11-19(12-8-17)27(24,25)22-13-3-2-4-14-22/h5-12H,2-4,13-15H2,1H3,(H,21,23). The summed E-state index contributed by atoms with van der Waals surface area (Å²) in [5.41, 5.74) is 1.65. The van der Waals surface area contributed by atoms with Crippen LogP contribution in [0.15, 0.2) is 53.4 Å².